The minimum atomic E-state index is -0.430. The van der Waals surface area contributed by atoms with Crippen molar-refractivity contribution in [2.24, 2.45) is 0 Å². The highest BCUT2D eigenvalue weighted by molar-refractivity contribution is 8.02. The molecule has 0 saturated carbocycles. The van der Waals surface area contributed by atoms with E-state index in [0.717, 1.165) is 22.5 Å². The summed E-state index contributed by atoms with van der Waals surface area (Å²) in [5.74, 6) is 1.57. The molecule has 0 radical (unpaired) electrons. The Hall–Kier alpha value is -2.59. The maximum Gasteiger partial charge on any atom is 0.633 e. The molecule has 0 saturated heterocycles. The largest absolute Gasteiger partial charge is 0.633 e. The highest BCUT2D eigenvalue weighted by Crippen LogP contribution is 2.37. The van der Waals surface area contributed by atoms with Gasteiger partial charge in [-0.15, -0.1) is 0 Å². The van der Waals surface area contributed by atoms with E-state index in [1.807, 2.05) is 60.7 Å². The smallest absolute Gasteiger partial charge is 0.519 e. The minimum Gasteiger partial charge on any atom is -0.519 e. The van der Waals surface area contributed by atoms with Crippen molar-refractivity contribution in [1.82, 2.24) is 0 Å². The molecule has 3 aromatic rings. The number of hydrogen-bond acceptors (Lipinski definition) is 3. The summed E-state index contributed by atoms with van der Waals surface area (Å²) in [5.41, 5.74) is 2.11. The monoisotopic (exact) mass is 330 g/mol. The molecule has 0 aliphatic carbocycles. The molecule has 1 aliphatic heterocycles. The topological polar surface area (TPSA) is 18.5 Å². The van der Waals surface area contributed by atoms with Gasteiger partial charge in [-0.05, 0) is 35.2 Å². The molecule has 3 aromatic carbocycles. The molecule has 0 unspecified atom stereocenters. The first-order chi connectivity index (χ1) is 11.9. The Morgan fingerprint density at radius 2 is 1.25 bits per heavy atom. The van der Waals surface area contributed by atoms with Crippen LogP contribution in [0.4, 0.5) is 0 Å². The van der Waals surface area contributed by atoms with E-state index < -0.39 is 7.12 Å². The summed E-state index contributed by atoms with van der Waals surface area (Å²) in [4.78, 5) is 1.18. The lowest BCUT2D eigenvalue weighted by Gasteiger charge is -2.10. The second-order valence-corrected chi connectivity index (χ2v) is 6.33. The molecule has 0 spiro atoms. The van der Waals surface area contributed by atoms with Crippen molar-refractivity contribution >= 4 is 24.4 Å². The number of benzene rings is 3. The molecule has 1 heterocycles. The first-order valence-electron chi connectivity index (χ1n) is 7.80. The van der Waals surface area contributed by atoms with Gasteiger partial charge in [0.25, 0.3) is 0 Å². The van der Waals surface area contributed by atoms with Crippen molar-refractivity contribution < 1.29 is 9.31 Å². The molecule has 0 atom stereocenters. The normalized spacial score (nSPS) is 13.2. The van der Waals surface area contributed by atoms with Crippen LogP contribution in [0.3, 0.4) is 0 Å². The molecular weight excluding hydrogens is 315 g/mol. The van der Waals surface area contributed by atoms with Crippen LogP contribution < -0.4 is 9.31 Å². The first-order valence-corrected chi connectivity index (χ1v) is 8.68. The SMILES string of the molecule is C(/Sc1ccccc1)=C(\B1Oc2ccccc2O1)c1ccccc1. The Bertz CT molecular complexity index is 825. The van der Waals surface area contributed by atoms with E-state index in [-0.39, 0.29) is 0 Å². The standard InChI is InChI=1S/C20H15BO2S/c1-3-9-16(10-4-1)18(15-24-17-11-5-2-6-12-17)21-22-19-13-7-8-14-20(19)23-21/h1-15H/b18-15+. The zero-order valence-electron chi connectivity index (χ0n) is 13.0. The highest BCUT2D eigenvalue weighted by Gasteiger charge is 2.36. The van der Waals surface area contributed by atoms with Crippen LogP contribution in [0.25, 0.3) is 5.47 Å². The van der Waals surface area contributed by atoms with Crippen LogP contribution >= 0.6 is 11.8 Å². The third-order valence-corrected chi connectivity index (χ3v) is 4.66. The summed E-state index contributed by atoms with van der Waals surface area (Å²) in [5, 5.41) is 2.11. The zero-order chi connectivity index (χ0) is 16.2. The number of thioether (sulfide) groups is 1. The molecule has 0 aromatic heterocycles. The molecule has 0 bridgehead atoms. The second-order valence-electron chi connectivity index (χ2n) is 5.38. The molecular formula is C20H15BO2S. The number of hydrogen-bond donors (Lipinski definition) is 0. The minimum absolute atomic E-state index is 0.430. The van der Waals surface area contributed by atoms with Crippen LogP contribution in [0.5, 0.6) is 11.5 Å². The lowest BCUT2D eigenvalue weighted by Crippen LogP contribution is -2.26. The maximum atomic E-state index is 6.01. The van der Waals surface area contributed by atoms with Crippen molar-refractivity contribution in [2.75, 3.05) is 0 Å². The molecule has 1 aliphatic rings. The zero-order valence-corrected chi connectivity index (χ0v) is 13.8. The summed E-state index contributed by atoms with van der Waals surface area (Å²) in [6.45, 7) is 0. The van der Waals surface area contributed by atoms with Gasteiger partial charge in [0.1, 0.15) is 11.5 Å². The van der Waals surface area contributed by atoms with Gasteiger partial charge in [-0.25, -0.2) is 0 Å². The van der Waals surface area contributed by atoms with E-state index in [1.54, 1.807) is 11.8 Å². The predicted molar refractivity (Wildman–Crippen MR) is 100 cm³/mol. The third kappa shape index (κ3) is 3.19. The average molecular weight is 330 g/mol. The van der Waals surface area contributed by atoms with Crippen molar-refractivity contribution in [3.63, 3.8) is 0 Å². The first kappa shape index (κ1) is 15.0. The number of para-hydroxylation sites is 2. The summed E-state index contributed by atoms with van der Waals surface area (Å²) < 4.78 is 12.0. The van der Waals surface area contributed by atoms with Gasteiger partial charge < -0.3 is 9.31 Å². The van der Waals surface area contributed by atoms with Gasteiger partial charge in [0, 0.05) is 10.4 Å². The molecule has 116 valence electrons. The summed E-state index contributed by atoms with van der Waals surface area (Å²) in [6, 6.07) is 28.3. The molecule has 0 amide bonds. The van der Waals surface area contributed by atoms with Crippen LogP contribution in [0, 0.1) is 0 Å². The fraction of sp³-hybridized carbons (Fsp3) is 0. The molecule has 0 N–H and O–H groups in total. The van der Waals surface area contributed by atoms with Gasteiger partial charge in [0.05, 0.1) is 0 Å². The van der Waals surface area contributed by atoms with Crippen LogP contribution in [0.15, 0.2) is 95.2 Å². The fourth-order valence-electron chi connectivity index (χ4n) is 2.55. The summed E-state index contributed by atoms with van der Waals surface area (Å²) in [6.07, 6.45) is 0. The molecule has 4 heteroatoms. The van der Waals surface area contributed by atoms with Crippen LogP contribution in [0.1, 0.15) is 5.56 Å². The predicted octanol–water partition coefficient (Wildman–Crippen LogP) is 5.32. The Balaban J connectivity index is 1.65. The van der Waals surface area contributed by atoms with Crippen molar-refractivity contribution in [1.29, 1.82) is 0 Å². The van der Waals surface area contributed by atoms with E-state index in [0.29, 0.717) is 0 Å². The lowest BCUT2D eigenvalue weighted by molar-refractivity contribution is 0.520. The van der Waals surface area contributed by atoms with E-state index in [1.165, 1.54) is 4.90 Å². The van der Waals surface area contributed by atoms with Gasteiger partial charge in [-0.3, -0.25) is 0 Å². The molecule has 2 nitrogen and oxygen atoms in total. The van der Waals surface area contributed by atoms with Crippen molar-refractivity contribution in [3.05, 3.63) is 95.9 Å². The van der Waals surface area contributed by atoms with Crippen LogP contribution in [0.2, 0.25) is 0 Å². The fourth-order valence-corrected chi connectivity index (χ4v) is 3.37. The van der Waals surface area contributed by atoms with Gasteiger partial charge in [0.15, 0.2) is 0 Å². The lowest BCUT2D eigenvalue weighted by atomic mass is 9.75. The van der Waals surface area contributed by atoms with Crippen LogP contribution in [-0.2, 0) is 0 Å². The Kier molecular flexibility index (Phi) is 4.30. The average Bonchev–Trinajstić information content (AvgIpc) is 3.07. The quantitative estimate of drug-likeness (QED) is 0.476. The van der Waals surface area contributed by atoms with E-state index in [4.69, 9.17) is 9.31 Å². The maximum absolute atomic E-state index is 6.01. The van der Waals surface area contributed by atoms with Crippen molar-refractivity contribution in [3.8, 4) is 11.5 Å². The second kappa shape index (κ2) is 6.89. The summed E-state index contributed by atoms with van der Waals surface area (Å²) >= 11 is 1.67. The van der Waals surface area contributed by atoms with Gasteiger partial charge >= 0.3 is 7.12 Å². The van der Waals surface area contributed by atoms with E-state index >= 15 is 0 Å². The van der Waals surface area contributed by atoms with Crippen molar-refractivity contribution in [2.45, 2.75) is 4.90 Å². The Labute approximate surface area is 146 Å². The molecule has 4 rings (SSSR count). The highest BCUT2D eigenvalue weighted by atomic mass is 32.2. The molecule has 24 heavy (non-hydrogen) atoms. The Morgan fingerprint density at radius 3 is 1.88 bits per heavy atom. The van der Waals surface area contributed by atoms with Gasteiger partial charge in [-0.1, -0.05) is 72.4 Å². The third-order valence-electron chi connectivity index (χ3n) is 3.74. The van der Waals surface area contributed by atoms with E-state index in [2.05, 4.69) is 29.7 Å². The summed E-state index contributed by atoms with van der Waals surface area (Å²) in [7, 11) is -0.430. The number of rotatable bonds is 4. The van der Waals surface area contributed by atoms with Crippen LogP contribution in [-0.4, -0.2) is 7.12 Å². The number of fused-ring (bicyclic) bond motifs is 1. The van der Waals surface area contributed by atoms with E-state index in [9.17, 15) is 0 Å². The Morgan fingerprint density at radius 1 is 0.708 bits per heavy atom. The van der Waals surface area contributed by atoms with Gasteiger partial charge in [-0.2, -0.15) is 0 Å². The van der Waals surface area contributed by atoms with Gasteiger partial charge in [0.2, 0.25) is 0 Å². The molecule has 0 fully saturated rings.